The van der Waals surface area contributed by atoms with Crippen LogP contribution in [0.1, 0.15) is 60.9 Å². The maximum atomic E-state index is 12.3. The van der Waals surface area contributed by atoms with E-state index in [1.54, 1.807) is 0 Å². The van der Waals surface area contributed by atoms with Crippen LogP contribution in [0.15, 0.2) is 30.3 Å². The molecule has 0 unspecified atom stereocenters. The molecular formula is C23H32N2O2. The van der Waals surface area contributed by atoms with Crippen molar-refractivity contribution in [1.29, 1.82) is 0 Å². The van der Waals surface area contributed by atoms with Crippen LogP contribution in [0.2, 0.25) is 0 Å². The molecule has 1 aromatic heterocycles. The lowest BCUT2D eigenvalue weighted by Gasteiger charge is -2.21. The molecule has 146 valence electrons. The number of nitrogens with one attached hydrogen (secondary N) is 1. The molecule has 2 aromatic rings. The van der Waals surface area contributed by atoms with E-state index < -0.39 is 0 Å². The first-order chi connectivity index (χ1) is 13.0. The van der Waals surface area contributed by atoms with Gasteiger partial charge in [-0.1, -0.05) is 6.92 Å². The highest BCUT2D eigenvalue weighted by molar-refractivity contribution is 5.94. The van der Waals surface area contributed by atoms with Crippen molar-refractivity contribution in [3.05, 3.63) is 52.8 Å². The number of benzene rings is 1. The van der Waals surface area contributed by atoms with Gasteiger partial charge < -0.3 is 14.6 Å². The Bertz CT molecular complexity index is 774. The Morgan fingerprint density at radius 2 is 2.04 bits per heavy atom. The Hall–Kier alpha value is -2.07. The standard InChI is InChI=1S/C23H32N2O2/c1-16(2)27-13-5-12-24-23(26)19-7-9-21(10-8-19)25-18(4)15-20-14-17(3)6-11-22(20)25/h7-10,15-17H,5-6,11-14H2,1-4H3,(H,24,26)/t17-/m1/s1. The first-order valence-electron chi connectivity index (χ1n) is 10.2. The Kier molecular flexibility index (Phi) is 6.38. The van der Waals surface area contributed by atoms with Gasteiger partial charge in [-0.25, -0.2) is 0 Å². The monoisotopic (exact) mass is 368 g/mol. The summed E-state index contributed by atoms with van der Waals surface area (Å²) in [5, 5.41) is 2.97. The number of carbonyl (C=O) groups excluding carboxylic acids is 1. The molecule has 4 nitrogen and oxygen atoms in total. The smallest absolute Gasteiger partial charge is 0.251 e. The maximum Gasteiger partial charge on any atom is 0.251 e. The molecule has 0 saturated carbocycles. The summed E-state index contributed by atoms with van der Waals surface area (Å²) in [4.78, 5) is 12.3. The fourth-order valence-corrected chi connectivity index (χ4v) is 3.88. The third-order valence-electron chi connectivity index (χ3n) is 5.26. The van der Waals surface area contributed by atoms with Gasteiger partial charge in [-0.05, 0) is 88.3 Å². The molecule has 3 rings (SSSR count). The Morgan fingerprint density at radius 3 is 2.74 bits per heavy atom. The van der Waals surface area contributed by atoms with E-state index in [9.17, 15) is 4.79 Å². The molecule has 0 spiro atoms. The van der Waals surface area contributed by atoms with E-state index in [0.717, 1.165) is 24.4 Å². The summed E-state index contributed by atoms with van der Waals surface area (Å²) in [6.45, 7) is 9.85. The van der Waals surface area contributed by atoms with Crippen LogP contribution in [-0.4, -0.2) is 29.7 Å². The number of ether oxygens (including phenoxy) is 1. The fourth-order valence-electron chi connectivity index (χ4n) is 3.88. The Morgan fingerprint density at radius 1 is 1.30 bits per heavy atom. The highest BCUT2D eigenvalue weighted by atomic mass is 16.5. The van der Waals surface area contributed by atoms with Crippen molar-refractivity contribution in [2.45, 2.75) is 59.5 Å². The molecule has 1 aromatic carbocycles. The van der Waals surface area contributed by atoms with Crippen molar-refractivity contribution in [2.24, 2.45) is 5.92 Å². The van der Waals surface area contributed by atoms with Crippen molar-refractivity contribution in [3.63, 3.8) is 0 Å². The molecule has 4 heteroatoms. The van der Waals surface area contributed by atoms with Crippen molar-refractivity contribution < 1.29 is 9.53 Å². The zero-order chi connectivity index (χ0) is 19.4. The van der Waals surface area contributed by atoms with Gasteiger partial charge in [0.25, 0.3) is 5.91 Å². The van der Waals surface area contributed by atoms with Crippen LogP contribution in [-0.2, 0) is 17.6 Å². The van der Waals surface area contributed by atoms with Gasteiger partial charge in [-0.15, -0.1) is 0 Å². The van der Waals surface area contributed by atoms with Crippen LogP contribution in [0.4, 0.5) is 0 Å². The molecule has 0 aliphatic heterocycles. The summed E-state index contributed by atoms with van der Waals surface area (Å²) in [5.41, 5.74) is 6.04. The molecule has 1 aliphatic carbocycles. The molecule has 27 heavy (non-hydrogen) atoms. The van der Waals surface area contributed by atoms with E-state index in [0.29, 0.717) is 18.7 Å². The molecule has 1 heterocycles. The van der Waals surface area contributed by atoms with Crippen molar-refractivity contribution in [1.82, 2.24) is 9.88 Å². The zero-order valence-corrected chi connectivity index (χ0v) is 17.0. The average Bonchev–Trinajstić information content (AvgIpc) is 2.96. The fraction of sp³-hybridized carbons (Fsp3) is 0.522. The summed E-state index contributed by atoms with van der Waals surface area (Å²) in [7, 11) is 0. The molecular weight excluding hydrogens is 336 g/mol. The molecule has 1 N–H and O–H groups in total. The Labute approximate surface area is 162 Å². The van der Waals surface area contributed by atoms with Crippen molar-refractivity contribution in [3.8, 4) is 5.69 Å². The highest BCUT2D eigenvalue weighted by Crippen LogP contribution is 2.30. The van der Waals surface area contributed by atoms with E-state index in [4.69, 9.17) is 4.74 Å². The van der Waals surface area contributed by atoms with Crippen LogP contribution < -0.4 is 5.32 Å². The molecule has 0 radical (unpaired) electrons. The lowest BCUT2D eigenvalue weighted by Crippen LogP contribution is -2.25. The minimum absolute atomic E-state index is 0.0221. The minimum Gasteiger partial charge on any atom is -0.379 e. The first kappa shape index (κ1) is 19.7. The van der Waals surface area contributed by atoms with Gasteiger partial charge in [0.2, 0.25) is 0 Å². The van der Waals surface area contributed by atoms with E-state index in [-0.39, 0.29) is 12.0 Å². The number of aryl methyl sites for hydroxylation is 1. The van der Waals surface area contributed by atoms with Crippen LogP contribution in [0.3, 0.4) is 0 Å². The number of hydrogen-bond donors (Lipinski definition) is 1. The van der Waals surface area contributed by atoms with Gasteiger partial charge in [-0.2, -0.15) is 0 Å². The molecule has 0 fully saturated rings. The molecule has 0 bridgehead atoms. The maximum absolute atomic E-state index is 12.3. The number of amides is 1. The van der Waals surface area contributed by atoms with E-state index in [2.05, 4.69) is 41.9 Å². The topological polar surface area (TPSA) is 43.3 Å². The van der Waals surface area contributed by atoms with Crippen LogP contribution in [0.5, 0.6) is 0 Å². The van der Waals surface area contributed by atoms with E-state index in [1.807, 2.05) is 26.0 Å². The summed E-state index contributed by atoms with van der Waals surface area (Å²) < 4.78 is 7.85. The number of aromatic nitrogens is 1. The number of hydrogen-bond acceptors (Lipinski definition) is 2. The van der Waals surface area contributed by atoms with Crippen LogP contribution >= 0.6 is 0 Å². The van der Waals surface area contributed by atoms with Gasteiger partial charge >= 0.3 is 0 Å². The second-order valence-electron chi connectivity index (χ2n) is 8.02. The summed E-state index contributed by atoms with van der Waals surface area (Å²) >= 11 is 0. The largest absolute Gasteiger partial charge is 0.379 e. The highest BCUT2D eigenvalue weighted by Gasteiger charge is 2.21. The average molecular weight is 369 g/mol. The summed E-state index contributed by atoms with van der Waals surface area (Å²) in [5.74, 6) is 0.746. The Balaban J connectivity index is 1.63. The predicted molar refractivity (Wildman–Crippen MR) is 110 cm³/mol. The number of fused-ring (bicyclic) bond motifs is 1. The van der Waals surface area contributed by atoms with Gasteiger partial charge in [0.05, 0.1) is 6.10 Å². The molecule has 1 aliphatic rings. The quantitative estimate of drug-likeness (QED) is 0.734. The van der Waals surface area contributed by atoms with Crippen molar-refractivity contribution >= 4 is 5.91 Å². The SMILES string of the molecule is Cc1cc2c(n1-c1ccc(C(=O)NCCCOC(C)C)cc1)CC[C@@H](C)C2. The van der Waals surface area contributed by atoms with Gasteiger partial charge in [0, 0.05) is 35.8 Å². The van der Waals surface area contributed by atoms with E-state index >= 15 is 0 Å². The third kappa shape index (κ3) is 4.81. The minimum atomic E-state index is -0.0221. The lowest BCUT2D eigenvalue weighted by molar-refractivity contribution is 0.0757. The number of carbonyl (C=O) groups is 1. The van der Waals surface area contributed by atoms with Crippen molar-refractivity contribution in [2.75, 3.05) is 13.2 Å². The third-order valence-corrected chi connectivity index (χ3v) is 5.26. The van der Waals surface area contributed by atoms with Gasteiger partial charge in [-0.3, -0.25) is 4.79 Å². The second kappa shape index (κ2) is 8.75. The molecule has 1 atom stereocenters. The predicted octanol–water partition coefficient (Wildman–Crippen LogP) is 4.46. The van der Waals surface area contributed by atoms with Gasteiger partial charge in [0.1, 0.15) is 0 Å². The normalized spacial score (nSPS) is 16.4. The summed E-state index contributed by atoms with van der Waals surface area (Å²) in [6.07, 6.45) is 4.61. The number of rotatable bonds is 7. The van der Waals surface area contributed by atoms with E-state index in [1.165, 1.54) is 29.8 Å². The number of nitrogens with zero attached hydrogens (tertiary/aromatic N) is 1. The molecule has 0 saturated heterocycles. The van der Waals surface area contributed by atoms with Gasteiger partial charge in [0.15, 0.2) is 0 Å². The molecule has 1 amide bonds. The van der Waals surface area contributed by atoms with Crippen LogP contribution in [0.25, 0.3) is 5.69 Å². The second-order valence-corrected chi connectivity index (χ2v) is 8.02. The summed E-state index contributed by atoms with van der Waals surface area (Å²) in [6, 6.07) is 10.3. The zero-order valence-electron chi connectivity index (χ0n) is 17.0. The van der Waals surface area contributed by atoms with Crippen LogP contribution in [0, 0.1) is 12.8 Å². The lowest BCUT2D eigenvalue weighted by atomic mass is 9.89. The first-order valence-corrected chi connectivity index (χ1v) is 10.2.